The van der Waals surface area contributed by atoms with E-state index in [1.165, 1.54) is 23.5 Å². The molecule has 1 fully saturated rings. The van der Waals surface area contributed by atoms with E-state index in [0.717, 1.165) is 28.3 Å². The number of carbonyl (C=O) groups is 1. The van der Waals surface area contributed by atoms with Gasteiger partial charge in [0.2, 0.25) is 0 Å². The van der Waals surface area contributed by atoms with E-state index in [1.54, 1.807) is 24.4 Å². The largest absolute Gasteiger partial charge is 0.481 e. The molecule has 1 aliphatic rings. The van der Waals surface area contributed by atoms with Crippen LogP contribution in [-0.4, -0.2) is 32.7 Å². The molecule has 0 unspecified atom stereocenters. The summed E-state index contributed by atoms with van der Waals surface area (Å²) in [7, 11) is 0. The number of aryl methyl sites for hydroxylation is 2. The Morgan fingerprint density at radius 1 is 1.33 bits per heavy atom. The van der Waals surface area contributed by atoms with Gasteiger partial charge in [0.1, 0.15) is 16.3 Å². The van der Waals surface area contributed by atoms with Gasteiger partial charge in [-0.2, -0.15) is 10.0 Å². The molecule has 8 nitrogen and oxygen atoms in total. The van der Waals surface area contributed by atoms with Crippen molar-refractivity contribution in [1.29, 1.82) is 0 Å². The Morgan fingerprint density at radius 3 is 3.03 bits per heavy atom. The Balaban J connectivity index is 1.27. The maximum atomic E-state index is 15.2. The number of hydrogen-bond donors (Lipinski definition) is 2. The van der Waals surface area contributed by atoms with E-state index in [-0.39, 0.29) is 30.7 Å². The van der Waals surface area contributed by atoms with E-state index in [4.69, 9.17) is 14.4 Å². The lowest BCUT2D eigenvalue weighted by Gasteiger charge is -2.22. The van der Waals surface area contributed by atoms with Crippen LogP contribution in [0.3, 0.4) is 0 Å². The van der Waals surface area contributed by atoms with Gasteiger partial charge < -0.3 is 14.8 Å². The first kappa shape index (κ1) is 24.3. The van der Waals surface area contributed by atoms with Gasteiger partial charge in [-0.05, 0) is 49.9 Å². The van der Waals surface area contributed by atoms with Gasteiger partial charge in [0.25, 0.3) is 6.01 Å². The first-order valence-corrected chi connectivity index (χ1v) is 12.4. The number of fused-ring (bicyclic) bond motifs is 1. The lowest BCUT2D eigenvalue weighted by molar-refractivity contribution is -0.181. The van der Waals surface area contributed by atoms with Crippen molar-refractivity contribution in [1.82, 2.24) is 15.0 Å². The molecule has 0 saturated carbocycles. The molecule has 0 aliphatic carbocycles. The van der Waals surface area contributed by atoms with Crippen molar-refractivity contribution in [3.63, 3.8) is 0 Å². The third kappa shape index (κ3) is 5.23. The minimum atomic E-state index is -0.839. The van der Waals surface area contributed by atoms with Crippen LogP contribution in [0.15, 0.2) is 40.9 Å². The van der Waals surface area contributed by atoms with E-state index < -0.39 is 17.6 Å². The highest BCUT2D eigenvalue weighted by Crippen LogP contribution is 2.35. The zero-order valence-electron chi connectivity index (χ0n) is 19.5. The third-order valence-electron chi connectivity index (χ3n) is 6.05. The summed E-state index contributed by atoms with van der Waals surface area (Å²) < 4.78 is 34.4. The van der Waals surface area contributed by atoms with Gasteiger partial charge in [-0.25, -0.2) is 13.8 Å². The molecule has 2 aromatic heterocycles. The number of carboxylic acid groups (broad SMARTS) is 1. The highest BCUT2D eigenvalue weighted by Gasteiger charge is 2.30. The van der Waals surface area contributed by atoms with Gasteiger partial charge in [0.05, 0.1) is 19.1 Å². The summed E-state index contributed by atoms with van der Waals surface area (Å²) in [5, 5.41) is 14.5. The summed E-state index contributed by atoms with van der Waals surface area (Å²) in [5.74, 6) is -1.81. The molecule has 36 heavy (non-hydrogen) atoms. The van der Waals surface area contributed by atoms with E-state index >= 15 is 4.39 Å². The molecule has 2 aromatic carbocycles. The van der Waals surface area contributed by atoms with Crippen molar-refractivity contribution in [2.75, 3.05) is 11.9 Å². The van der Waals surface area contributed by atoms with Gasteiger partial charge in [-0.15, -0.1) is 11.3 Å². The summed E-state index contributed by atoms with van der Waals surface area (Å²) in [6.45, 7) is 2.50. The summed E-state index contributed by atoms with van der Waals surface area (Å²) in [5.41, 5.74) is 1.93. The minimum absolute atomic E-state index is 0.00197. The van der Waals surface area contributed by atoms with Gasteiger partial charge in [0, 0.05) is 28.9 Å². The summed E-state index contributed by atoms with van der Waals surface area (Å²) in [4.78, 5) is 26.4. The molecule has 3 heterocycles. The Morgan fingerprint density at radius 2 is 2.19 bits per heavy atom. The summed E-state index contributed by atoms with van der Waals surface area (Å²) >= 11 is 1.48. The molecule has 0 radical (unpaired) electrons. The summed E-state index contributed by atoms with van der Waals surface area (Å²) in [6, 6.07) is 7.58. The fraction of sp³-hybridized carbons (Fsp3) is 0.320. The number of hydroxylamine groups is 2. The second kappa shape index (κ2) is 10.3. The zero-order chi connectivity index (χ0) is 25.2. The van der Waals surface area contributed by atoms with Gasteiger partial charge >= 0.3 is 5.97 Å². The van der Waals surface area contributed by atoms with Gasteiger partial charge in [-0.1, -0.05) is 12.1 Å². The van der Waals surface area contributed by atoms with E-state index in [2.05, 4.69) is 15.3 Å². The van der Waals surface area contributed by atoms with Crippen LogP contribution < -0.4 is 5.32 Å². The van der Waals surface area contributed by atoms with Crippen molar-refractivity contribution in [3.05, 3.63) is 69.2 Å². The molecule has 0 bridgehead atoms. The zero-order valence-corrected chi connectivity index (χ0v) is 20.3. The summed E-state index contributed by atoms with van der Waals surface area (Å²) in [6.07, 6.45) is 3.98. The van der Waals surface area contributed by atoms with Gasteiger partial charge in [-0.3, -0.25) is 9.63 Å². The number of nitrogens with one attached hydrogen (secondary N) is 1. The fourth-order valence-electron chi connectivity index (χ4n) is 4.13. The number of anilines is 2. The number of thiazole rings is 1. The number of carboxylic acids is 1. The van der Waals surface area contributed by atoms with Crippen LogP contribution in [0.25, 0.3) is 11.1 Å². The van der Waals surface area contributed by atoms with Crippen LogP contribution in [0.5, 0.6) is 0 Å². The van der Waals surface area contributed by atoms with Crippen LogP contribution in [0, 0.1) is 18.6 Å². The molecule has 0 spiro atoms. The normalized spacial score (nSPS) is 16.1. The molecular weight excluding hydrogens is 490 g/mol. The predicted molar refractivity (Wildman–Crippen MR) is 130 cm³/mol. The lowest BCUT2D eigenvalue weighted by atomic mass is 10.2. The third-order valence-corrected chi connectivity index (χ3v) is 7.21. The Bertz CT molecular complexity index is 1410. The molecule has 5 rings (SSSR count). The monoisotopic (exact) mass is 514 g/mol. The molecule has 4 aromatic rings. The average Bonchev–Trinajstić information content (AvgIpc) is 3.59. The van der Waals surface area contributed by atoms with Crippen molar-refractivity contribution in [3.8, 4) is 0 Å². The highest BCUT2D eigenvalue weighted by molar-refractivity contribution is 7.11. The number of aromatic nitrogens is 2. The number of nitrogens with zero attached hydrogens (tertiary/aromatic N) is 3. The molecule has 2 N–H and O–H groups in total. The topological polar surface area (TPSA) is 101 Å². The maximum Gasteiger partial charge on any atom is 0.303 e. The van der Waals surface area contributed by atoms with E-state index in [0.29, 0.717) is 29.7 Å². The minimum Gasteiger partial charge on any atom is -0.481 e. The van der Waals surface area contributed by atoms with Crippen LogP contribution in [0.1, 0.15) is 46.3 Å². The van der Waals surface area contributed by atoms with Crippen LogP contribution in [0.4, 0.5) is 20.5 Å². The standard InChI is InChI=1S/C25H24F2N4O4S/c1-14-4-6-16(26)11-19(14)30-25-29-18-8-5-15(22(27)23(18)35-25)13-34-31-10-2-3-20(31)24-28-12-17(36-24)7-9-21(32)33/h4-6,8,11-12,20H,2-3,7,9-10,13H2,1H3,(H,29,30)(H,32,33)/t20-/m0/s1. The Labute approximate surface area is 209 Å². The lowest BCUT2D eigenvalue weighted by Crippen LogP contribution is -2.23. The van der Waals surface area contributed by atoms with Crippen molar-refractivity contribution >= 4 is 40.1 Å². The Hall–Kier alpha value is -3.41. The van der Waals surface area contributed by atoms with E-state index in [1.807, 2.05) is 12.0 Å². The second-order valence-electron chi connectivity index (χ2n) is 8.62. The van der Waals surface area contributed by atoms with Crippen molar-refractivity contribution in [2.24, 2.45) is 0 Å². The van der Waals surface area contributed by atoms with Crippen LogP contribution in [-0.2, 0) is 22.7 Å². The molecule has 0 amide bonds. The SMILES string of the molecule is Cc1ccc(F)cc1Nc1nc2ccc(CON3CCC[C@H]3c3ncc(CCC(=O)O)s3)c(F)c2o1. The first-order chi connectivity index (χ1) is 17.4. The smallest absolute Gasteiger partial charge is 0.303 e. The Kier molecular flexibility index (Phi) is 6.95. The number of oxazole rings is 1. The van der Waals surface area contributed by atoms with Crippen LogP contribution >= 0.6 is 11.3 Å². The van der Waals surface area contributed by atoms with E-state index in [9.17, 15) is 9.18 Å². The first-order valence-electron chi connectivity index (χ1n) is 11.5. The molecule has 1 saturated heterocycles. The maximum absolute atomic E-state index is 15.2. The van der Waals surface area contributed by atoms with Crippen molar-refractivity contribution < 1.29 is 27.9 Å². The quantitative estimate of drug-likeness (QED) is 0.285. The van der Waals surface area contributed by atoms with Crippen LogP contribution in [0.2, 0.25) is 0 Å². The number of rotatable bonds is 9. The molecule has 1 atom stereocenters. The fourth-order valence-corrected chi connectivity index (χ4v) is 5.18. The number of halogens is 2. The second-order valence-corrected chi connectivity index (χ2v) is 9.77. The molecular formula is C25H24F2N4O4S. The number of aliphatic carboxylic acids is 1. The highest BCUT2D eigenvalue weighted by atomic mass is 32.1. The average molecular weight is 515 g/mol. The number of hydrogen-bond acceptors (Lipinski definition) is 8. The molecule has 11 heteroatoms. The molecule has 188 valence electrons. The predicted octanol–water partition coefficient (Wildman–Crippen LogP) is 5.90. The van der Waals surface area contributed by atoms with Gasteiger partial charge in [0.15, 0.2) is 11.4 Å². The van der Waals surface area contributed by atoms with Crippen molar-refractivity contribution in [2.45, 2.75) is 45.3 Å². The number of benzene rings is 2. The molecule has 1 aliphatic heterocycles.